The van der Waals surface area contributed by atoms with Crippen LogP contribution in [0, 0.1) is 13.8 Å². The van der Waals surface area contributed by atoms with Gasteiger partial charge in [-0.25, -0.2) is 5.43 Å². The molecule has 2 aromatic rings. The molecule has 2 N–H and O–H groups in total. The Morgan fingerprint density at radius 3 is 2.31 bits per heavy atom. The zero-order valence-corrected chi connectivity index (χ0v) is 16.7. The van der Waals surface area contributed by atoms with Crippen molar-refractivity contribution in [3.05, 3.63) is 63.6 Å². The lowest BCUT2D eigenvalue weighted by Gasteiger charge is -2.09. The third-order valence-electron chi connectivity index (χ3n) is 3.85. The highest BCUT2D eigenvalue weighted by atomic mass is 79.9. The smallest absolute Gasteiger partial charge is 0.240 e. The van der Waals surface area contributed by atoms with Crippen LogP contribution in [-0.2, 0) is 9.59 Å². The van der Waals surface area contributed by atoms with Crippen molar-refractivity contribution in [3.8, 4) is 0 Å². The van der Waals surface area contributed by atoms with Crippen LogP contribution >= 0.6 is 15.9 Å². The van der Waals surface area contributed by atoms with Crippen LogP contribution in [0.5, 0.6) is 0 Å². The maximum Gasteiger partial charge on any atom is 0.240 e. The zero-order valence-electron chi connectivity index (χ0n) is 15.1. The van der Waals surface area contributed by atoms with Crippen LogP contribution in [0.1, 0.15) is 36.5 Å². The summed E-state index contributed by atoms with van der Waals surface area (Å²) >= 11 is 3.37. The molecule has 0 aliphatic carbocycles. The van der Waals surface area contributed by atoms with Crippen LogP contribution in [0.3, 0.4) is 0 Å². The largest absolute Gasteiger partial charge is 0.326 e. The lowest BCUT2D eigenvalue weighted by Crippen LogP contribution is -2.22. The van der Waals surface area contributed by atoms with Gasteiger partial charge in [-0.15, -0.1) is 0 Å². The topological polar surface area (TPSA) is 70.6 Å². The van der Waals surface area contributed by atoms with Crippen LogP contribution in [0.15, 0.2) is 52.0 Å². The van der Waals surface area contributed by atoms with E-state index in [-0.39, 0.29) is 24.7 Å². The first-order valence-electron chi connectivity index (χ1n) is 8.31. The molecular weight excluding hydrogens is 394 g/mol. The van der Waals surface area contributed by atoms with Crippen molar-refractivity contribution >= 4 is 39.1 Å². The highest BCUT2D eigenvalue weighted by Gasteiger charge is 2.08. The molecule has 0 radical (unpaired) electrons. The van der Waals surface area contributed by atoms with Gasteiger partial charge in [-0.3, -0.25) is 9.59 Å². The Morgan fingerprint density at radius 1 is 1.00 bits per heavy atom. The molecule has 6 heteroatoms. The number of aryl methyl sites for hydroxylation is 2. The molecular formula is C20H22BrN3O2. The predicted molar refractivity (Wildman–Crippen MR) is 108 cm³/mol. The first-order valence-corrected chi connectivity index (χ1v) is 9.10. The SMILES string of the molecule is CC(=NNC(=O)CCC(=O)Nc1ccc(C)cc1C)c1ccc(Br)cc1. The van der Waals surface area contributed by atoms with Gasteiger partial charge in [-0.2, -0.15) is 5.10 Å². The molecule has 0 heterocycles. The van der Waals surface area contributed by atoms with Gasteiger partial charge in [0.2, 0.25) is 11.8 Å². The van der Waals surface area contributed by atoms with Crippen LogP contribution in [0.2, 0.25) is 0 Å². The van der Waals surface area contributed by atoms with E-state index < -0.39 is 0 Å². The van der Waals surface area contributed by atoms with Crippen molar-refractivity contribution in [2.75, 3.05) is 5.32 Å². The molecule has 0 atom stereocenters. The summed E-state index contributed by atoms with van der Waals surface area (Å²) in [7, 11) is 0. The molecule has 0 unspecified atom stereocenters. The summed E-state index contributed by atoms with van der Waals surface area (Å²) in [5, 5.41) is 6.91. The van der Waals surface area contributed by atoms with E-state index in [1.54, 1.807) is 0 Å². The standard InChI is InChI=1S/C20H22BrN3O2/c1-13-4-9-18(14(2)12-13)22-19(25)10-11-20(26)24-23-15(3)16-5-7-17(21)8-6-16/h4-9,12H,10-11H2,1-3H3,(H,22,25)(H,24,26). The van der Waals surface area contributed by atoms with Crippen molar-refractivity contribution in [1.82, 2.24) is 5.43 Å². The Bertz CT molecular complexity index is 829. The van der Waals surface area contributed by atoms with E-state index in [1.165, 1.54) is 0 Å². The molecule has 5 nitrogen and oxygen atoms in total. The minimum atomic E-state index is -0.294. The fourth-order valence-electron chi connectivity index (χ4n) is 2.35. The average molecular weight is 416 g/mol. The molecule has 2 aromatic carbocycles. The lowest BCUT2D eigenvalue weighted by molar-refractivity contribution is -0.124. The third-order valence-corrected chi connectivity index (χ3v) is 4.37. The summed E-state index contributed by atoms with van der Waals surface area (Å²) in [5.74, 6) is -0.488. The van der Waals surface area contributed by atoms with E-state index in [1.807, 2.05) is 63.2 Å². The molecule has 2 rings (SSSR count). The normalized spacial score (nSPS) is 11.2. The van der Waals surface area contributed by atoms with Gasteiger partial charge in [0, 0.05) is 23.0 Å². The van der Waals surface area contributed by atoms with E-state index in [2.05, 4.69) is 31.8 Å². The van der Waals surface area contributed by atoms with Crippen molar-refractivity contribution in [3.63, 3.8) is 0 Å². The molecule has 2 amide bonds. The first-order chi connectivity index (χ1) is 12.3. The molecule has 136 valence electrons. The molecule has 0 fully saturated rings. The number of rotatable bonds is 6. The second kappa shape index (κ2) is 9.29. The summed E-state index contributed by atoms with van der Waals surface area (Å²) in [4.78, 5) is 23.9. The number of anilines is 1. The number of halogens is 1. The van der Waals surface area contributed by atoms with Crippen molar-refractivity contribution in [2.45, 2.75) is 33.6 Å². The number of hydrogen-bond donors (Lipinski definition) is 2. The van der Waals surface area contributed by atoms with Gasteiger partial charge in [-0.05, 0) is 50.1 Å². The fourth-order valence-corrected chi connectivity index (χ4v) is 2.62. The minimum Gasteiger partial charge on any atom is -0.326 e. The number of hydrogen-bond acceptors (Lipinski definition) is 3. The number of benzene rings is 2. The van der Waals surface area contributed by atoms with E-state index in [0.717, 1.165) is 26.9 Å². The maximum atomic E-state index is 12.0. The Kier molecular flexibility index (Phi) is 7.09. The van der Waals surface area contributed by atoms with Crippen LogP contribution in [-0.4, -0.2) is 17.5 Å². The van der Waals surface area contributed by atoms with Crippen LogP contribution in [0.4, 0.5) is 5.69 Å². The summed E-state index contributed by atoms with van der Waals surface area (Å²) < 4.78 is 0.980. The molecule has 0 aromatic heterocycles. The minimum absolute atomic E-state index is 0.0772. The van der Waals surface area contributed by atoms with Gasteiger partial charge in [0.15, 0.2) is 0 Å². The van der Waals surface area contributed by atoms with Gasteiger partial charge in [0.1, 0.15) is 0 Å². The Hall–Kier alpha value is -2.47. The van der Waals surface area contributed by atoms with Gasteiger partial charge in [0.25, 0.3) is 0 Å². The molecule has 0 saturated heterocycles. The van der Waals surface area contributed by atoms with Crippen molar-refractivity contribution in [1.29, 1.82) is 0 Å². The fraction of sp³-hybridized carbons (Fsp3) is 0.250. The summed E-state index contributed by atoms with van der Waals surface area (Å²) in [5.41, 5.74) is 7.01. The molecule has 0 bridgehead atoms. The van der Waals surface area contributed by atoms with Crippen LogP contribution < -0.4 is 10.7 Å². The average Bonchev–Trinajstić information content (AvgIpc) is 2.61. The Morgan fingerprint density at radius 2 is 1.65 bits per heavy atom. The highest BCUT2D eigenvalue weighted by Crippen LogP contribution is 2.16. The van der Waals surface area contributed by atoms with Gasteiger partial charge >= 0.3 is 0 Å². The monoisotopic (exact) mass is 415 g/mol. The second-order valence-corrected chi connectivity index (χ2v) is 7.02. The predicted octanol–water partition coefficient (Wildman–Crippen LogP) is 4.33. The Balaban J connectivity index is 1.81. The number of hydrazone groups is 1. The molecule has 0 aliphatic heterocycles. The van der Waals surface area contributed by atoms with E-state index >= 15 is 0 Å². The first kappa shape index (κ1) is 19.8. The summed E-state index contributed by atoms with van der Waals surface area (Å²) in [6.07, 6.45) is 0.180. The zero-order chi connectivity index (χ0) is 19.1. The maximum absolute atomic E-state index is 12.0. The number of nitrogens with one attached hydrogen (secondary N) is 2. The second-order valence-electron chi connectivity index (χ2n) is 6.11. The number of nitrogens with zero attached hydrogens (tertiary/aromatic N) is 1. The van der Waals surface area contributed by atoms with Crippen LogP contribution in [0.25, 0.3) is 0 Å². The van der Waals surface area contributed by atoms with Gasteiger partial charge < -0.3 is 5.32 Å². The number of carbonyl (C=O) groups excluding carboxylic acids is 2. The van der Waals surface area contributed by atoms with Gasteiger partial charge in [0.05, 0.1) is 5.71 Å². The van der Waals surface area contributed by atoms with E-state index in [0.29, 0.717) is 5.71 Å². The van der Waals surface area contributed by atoms with Crippen molar-refractivity contribution in [2.24, 2.45) is 5.10 Å². The Labute approximate surface area is 162 Å². The molecule has 26 heavy (non-hydrogen) atoms. The number of carbonyl (C=O) groups is 2. The van der Waals surface area contributed by atoms with Gasteiger partial charge in [-0.1, -0.05) is 45.8 Å². The molecule has 0 saturated carbocycles. The van der Waals surface area contributed by atoms with Crippen molar-refractivity contribution < 1.29 is 9.59 Å². The van der Waals surface area contributed by atoms with E-state index in [9.17, 15) is 9.59 Å². The third kappa shape index (κ3) is 6.11. The lowest BCUT2D eigenvalue weighted by atomic mass is 10.1. The summed E-state index contributed by atoms with van der Waals surface area (Å²) in [6.45, 7) is 5.76. The molecule has 0 spiro atoms. The highest BCUT2D eigenvalue weighted by molar-refractivity contribution is 9.10. The van der Waals surface area contributed by atoms with E-state index in [4.69, 9.17) is 0 Å². The number of amides is 2. The quantitative estimate of drug-likeness (QED) is 0.544. The molecule has 0 aliphatic rings. The summed E-state index contributed by atoms with van der Waals surface area (Å²) in [6, 6.07) is 13.4.